The van der Waals surface area contributed by atoms with Gasteiger partial charge >= 0.3 is 0 Å². The third-order valence-corrected chi connectivity index (χ3v) is 4.11. The molecule has 0 spiro atoms. The Balaban J connectivity index is 2.14. The molecule has 2 nitrogen and oxygen atoms in total. The molecule has 4 heteroatoms. The van der Waals surface area contributed by atoms with Crippen molar-refractivity contribution >= 4 is 17.0 Å². The number of benzene rings is 1. The molecule has 0 aliphatic heterocycles. The fourth-order valence-corrected chi connectivity index (χ4v) is 2.86. The summed E-state index contributed by atoms with van der Waals surface area (Å²) >= 11 is 1.75. The summed E-state index contributed by atoms with van der Waals surface area (Å²) in [5, 5.41) is 2.07. The Hall–Kier alpha value is -1.39. The van der Waals surface area contributed by atoms with Crippen LogP contribution >= 0.6 is 11.3 Å². The van der Waals surface area contributed by atoms with Gasteiger partial charge in [-0.05, 0) is 36.9 Å². The van der Waals surface area contributed by atoms with E-state index in [0.29, 0.717) is 5.56 Å². The molecule has 0 saturated heterocycles. The second-order valence-electron chi connectivity index (χ2n) is 4.71. The minimum Gasteiger partial charge on any atom is -0.374 e. The minimum absolute atomic E-state index is 0.226. The smallest absolute Gasteiger partial charge is 0.130 e. The van der Waals surface area contributed by atoms with Crippen molar-refractivity contribution in [2.24, 2.45) is 5.73 Å². The lowest BCUT2D eigenvalue weighted by atomic mass is 10.1. The zero-order valence-electron chi connectivity index (χ0n) is 11.3. The zero-order chi connectivity index (χ0) is 13.8. The van der Waals surface area contributed by atoms with Crippen LogP contribution in [-0.2, 0) is 6.42 Å². The average molecular weight is 278 g/mol. The topological polar surface area (TPSA) is 29.3 Å². The van der Waals surface area contributed by atoms with E-state index < -0.39 is 0 Å². The Morgan fingerprint density at radius 1 is 1.32 bits per heavy atom. The average Bonchev–Trinajstić information content (AvgIpc) is 2.88. The monoisotopic (exact) mass is 278 g/mol. The molecule has 1 atom stereocenters. The van der Waals surface area contributed by atoms with Crippen molar-refractivity contribution in [2.45, 2.75) is 19.4 Å². The largest absolute Gasteiger partial charge is 0.374 e. The quantitative estimate of drug-likeness (QED) is 0.905. The number of nitrogens with two attached hydrogens (primary N) is 1. The first-order chi connectivity index (χ1) is 9.09. The SMILES string of the molecule is CC(N)c1c(F)cccc1N(C)CCc1cccs1. The van der Waals surface area contributed by atoms with Crippen LogP contribution in [0.25, 0.3) is 0 Å². The normalized spacial score (nSPS) is 12.4. The van der Waals surface area contributed by atoms with Gasteiger partial charge in [0.1, 0.15) is 5.82 Å². The fraction of sp³-hybridized carbons (Fsp3) is 0.333. The summed E-state index contributed by atoms with van der Waals surface area (Å²) in [7, 11) is 1.98. The summed E-state index contributed by atoms with van der Waals surface area (Å²) in [6.07, 6.45) is 0.961. The van der Waals surface area contributed by atoms with E-state index in [-0.39, 0.29) is 11.9 Å². The second-order valence-corrected chi connectivity index (χ2v) is 5.74. The van der Waals surface area contributed by atoms with Crippen LogP contribution in [0, 0.1) is 5.82 Å². The highest BCUT2D eigenvalue weighted by molar-refractivity contribution is 7.09. The second kappa shape index (κ2) is 6.17. The van der Waals surface area contributed by atoms with Gasteiger partial charge < -0.3 is 10.6 Å². The lowest BCUT2D eigenvalue weighted by molar-refractivity contribution is 0.592. The van der Waals surface area contributed by atoms with Crippen molar-refractivity contribution in [1.29, 1.82) is 0 Å². The molecule has 0 bridgehead atoms. The van der Waals surface area contributed by atoms with Gasteiger partial charge in [0, 0.05) is 35.8 Å². The van der Waals surface area contributed by atoms with Gasteiger partial charge in [0.05, 0.1) is 0 Å². The molecule has 0 amide bonds. The molecule has 2 aromatic rings. The minimum atomic E-state index is -0.305. The molecule has 102 valence electrons. The first-order valence-electron chi connectivity index (χ1n) is 6.37. The van der Waals surface area contributed by atoms with Crippen LogP contribution in [0.1, 0.15) is 23.4 Å². The molecule has 1 heterocycles. The molecule has 2 rings (SSSR count). The van der Waals surface area contributed by atoms with Crippen molar-refractivity contribution < 1.29 is 4.39 Å². The van der Waals surface area contributed by atoms with Gasteiger partial charge in [-0.15, -0.1) is 11.3 Å². The van der Waals surface area contributed by atoms with E-state index in [1.165, 1.54) is 10.9 Å². The summed E-state index contributed by atoms with van der Waals surface area (Å²) < 4.78 is 13.9. The lowest BCUT2D eigenvalue weighted by Crippen LogP contribution is -2.23. The molecule has 0 aliphatic rings. The number of rotatable bonds is 5. The van der Waals surface area contributed by atoms with Crippen LogP contribution in [-0.4, -0.2) is 13.6 Å². The molecule has 0 saturated carbocycles. The summed E-state index contributed by atoms with van der Waals surface area (Å²) in [4.78, 5) is 3.41. The van der Waals surface area contributed by atoms with Gasteiger partial charge in [0.25, 0.3) is 0 Å². The van der Waals surface area contributed by atoms with Crippen LogP contribution in [0.5, 0.6) is 0 Å². The maximum atomic E-state index is 13.9. The predicted octanol–water partition coefficient (Wildman–Crippen LogP) is 3.59. The highest BCUT2D eigenvalue weighted by Gasteiger charge is 2.15. The maximum absolute atomic E-state index is 13.9. The Kier molecular flexibility index (Phi) is 4.56. The van der Waals surface area contributed by atoms with E-state index in [4.69, 9.17) is 5.73 Å². The summed E-state index contributed by atoms with van der Waals surface area (Å²) in [5.41, 5.74) is 7.35. The highest BCUT2D eigenvalue weighted by Crippen LogP contribution is 2.27. The van der Waals surface area contributed by atoms with E-state index in [2.05, 4.69) is 22.4 Å². The Morgan fingerprint density at radius 3 is 2.74 bits per heavy atom. The molecule has 0 aliphatic carbocycles. The number of anilines is 1. The van der Waals surface area contributed by atoms with Gasteiger partial charge in [0.2, 0.25) is 0 Å². The van der Waals surface area contributed by atoms with E-state index in [1.807, 2.05) is 20.0 Å². The standard InChI is InChI=1S/C15H19FN2S/c1-11(17)15-13(16)6-3-7-14(15)18(2)9-8-12-5-4-10-19-12/h3-7,10-11H,8-9,17H2,1-2H3. The lowest BCUT2D eigenvalue weighted by Gasteiger charge is -2.24. The van der Waals surface area contributed by atoms with Gasteiger partial charge in [-0.25, -0.2) is 4.39 Å². The Labute approximate surface area is 117 Å². The summed E-state index contributed by atoms with van der Waals surface area (Å²) in [6.45, 7) is 2.67. The third-order valence-electron chi connectivity index (χ3n) is 3.17. The number of nitrogens with zero attached hydrogens (tertiary/aromatic N) is 1. The molecule has 1 aromatic heterocycles. The van der Waals surface area contributed by atoms with Crippen LogP contribution in [0.15, 0.2) is 35.7 Å². The molecule has 2 N–H and O–H groups in total. The number of halogens is 1. The molecule has 1 unspecified atom stereocenters. The first-order valence-corrected chi connectivity index (χ1v) is 7.25. The molecular formula is C15H19FN2S. The van der Waals surface area contributed by atoms with E-state index in [1.54, 1.807) is 17.4 Å². The van der Waals surface area contributed by atoms with Gasteiger partial charge in [-0.1, -0.05) is 12.1 Å². The van der Waals surface area contributed by atoms with Crippen LogP contribution in [0.4, 0.5) is 10.1 Å². The van der Waals surface area contributed by atoms with Gasteiger partial charge in [-0.3, -0.25) is 0 Å². The number of likely N-dealkylation sites (N-methyl/N-ethyl adjacent to an activating group) is 1. The Morgan fingerprint density at radius 2 is 2.11 bits per heavy atom. The fourth-order valence-electron chi connectivity index (χ4n) is 2.16. The number of hydrogen-bond acceptors (Lipinski definition) is 3. The van der Waals surface area contributed by atoms with Crippen molar-refractivity contribution in [1.82, 2.24) is 0 Å². The Bertz CT molecular complexity index is 523. The molecular weight excluding hydrogens is 259 g/mol. The van der Waals surface area contributed by atoms with Crippen molar-refractivity contribution in [2.75, 3.05) is 18.5 Å². The first kappa shape index (κ1) is 14.0. The zero-order valence-corrected chi connectivity index (χ0v) is 12.1. The van der Waals surface area contributed by atoms with E-state index in [0.717, 1.165) is 18.7 Å². The molecule has 0 fully saturated rings. The number of hydrogen-bond donors (Lipinski definition) is 1. The van der Waals surface area contributed by atoms with Gasteiger partial charge in [-0.2, -0.15) is 0 Å². The van der Waals surface area contributed by atoms with Crippen molar-refractivity contribution in [3.8, 4) is 0 Å². The molecule has 0 radical (unpaired) electrons. The van der Waals surface area contributed by atoms with Crippen molar-refractivity contribution in [3.63, 3.8) is 0 Å². The summed E-state index contributed by atoms with van der Waals surface area (Å²) in [6, 6.07) is 9.00. The number of thiophene rings is 1. The predicted molar refractivity (Wildman–Crippen MR) is 80.3 cm³/mol. The maximum Gasteiger partial charge on any atom is 0.130 e. The van der Waals surface area contributed by atoms with Crippen LogP contribution < -0.4 is 10.6 Å². The summed E-state index contributed by atoms with van der Waals surface area (Å²) in [5.74, 6) is -0.226. The van der Waals surface area contributed by atoms with Crippen LogP contribution in [0.2, 0.25) is 0 Å². The highest BCUT2D eigenvalue weighted by atomic mass is 32.1. The van der Waals surface area contributed by atoms with Crippen LogP contribution in [0.3, 0.4) is 0 Å². The molecule has 19 heavy (non-hydrogen) atoms. The van der Waals surface area contributed by atoms with E-state index >= 15 is 0 Å². The van der Waals surface area contributed by atoms with E-state index in [9.17, 15) is 4.39 Å². The molecule has 1 aromatic carbocycles. The third kappa shape index (κ3) is 3.33. The van der Waals surface area contributed by atoms with Crippen molar-refractivity contribution in [3.05, 3.63) is 52.0 Å². The van der Waals surface area contributed by atoms with Gasteiger partial charge in [0.15, 0.2) is 0 Å².